The third kappa shape index (κ3) is 4.28. The van der Waals surface area contributed by atoms with Crippen molar-refractivity contribution in [1.82, 2.24) is 4.90 Å². The molecule has 4 nitrogen and oxygen atoms in total. The summed E-state index contributed by atoms with van der Waals surface area (Å²) in [5, 5.41) is 0. The van der Waals surface area contributed by atoms with Gasteiger partial charge in [0, 0.05) is 19.1 Å². The number of likely N-dealkylation sites (tertiary alicyclic amines) is 1. The van der Waals surface area contributed by atoms with Gasteiger partial charge in [-0.05, 0) is 13.3 Å². The van der Waals surface area contributed by atoms with Crippen molar-refractivity contribution < 1.29 is 9.53 Å². The molecule has 0 aromatic carbocycles. The second-order valence-corrected chi connectivity index (χ2v) is 3.06. The minimum Gasteiger partial charge on any atom is -0.416 e. The number of nitrogens with two attached hydrogens (primary N) is 1. The highest BCUT2D eigenvalue weighted by Crippen LogP contribution is 2.09. The Kier molecular flexibility index (Phi) is 5.95. The van der Waals surface area contributed by atoms with Crippen molar-refractivity contribution in [3.05, 3.63) is 12.3 Å². The van der Waals surface area contributed by atoms with Gasteiger partial charge in [-0.25, -0.2) is 4.79 Å². The SMILES string of the molecule is C=C(C)OC(=O)N1CCC(N)C1.CC. The fourth-order valence-corrected chi connectivity index (χ4v) is 1.17. The predicted molar refractivity (Wildman–Crippen MR) is 56.8 cm³/mol. The summed E-state index contributed by atoms with van der Waals surface area (Å²) in [6.07, 6.45) is 0.515. The highest BCUT2D eigenvalue weighted by atomic mass is 16.6. The molecule has 14 heavy (non-hydrogen) atoms. The van der Waals surface area contributed by atoms with Crippen LogP contribution in [-0.4, -0.2) is 30.1 Å². The fourth-order valence-electron chi connectivity index (χ4n) is 1.17. The van der Waals surface area contributed by atoms with E-state index in [1.807, 2.05) is 13.8 Å². The summed E-state index contributed by atoms with van der Waals surface area (Å²) in [5.74, 6) is 0.417. The molecule has 0 saturated carbocycles. The smallest absolute Gasteiger partial charge is 0.414 e. The largest absolute Gasteiger partial charge is 0.416 e. The van der Waals surface area contributed by atoms with Crippen molar-refractivity contribution in [2.75, 3.05) is 13.1 Å². The van der Waals surface area contributed by atoms with E-state index < -0.39 is 0 Å². The van der Waals surface area contributed by atoms with Crippen LogP contribution in [0, 0.1) is 0 Å². The van der Waals surface area contributed by atoms with Crippen LogP contribution in [0.3, 0.4) is 0 Å². The lowest BCUT2D eigenvalue weighted by atomic mass is 10.3. The molecule has 1 fully saturated rings. The minimum absolute atomic E-state index is 0.0997. The lowest BCUT2D eigenvalue weighted by Crippen LogP contribution is -2.31. The summed E-state index contributed by atoms with van der Waals surface area (Å²) < 4.78 is 4.82. The second-order valence-electron chi connectivity index (χ2n) is 3.06. The molecule has 1 aliphatic heterocycles. The minimum atomic E-state index is -0.338. The van der Waals surface area contributed by atoms with Gasteiger partial charge in [0.1, 0.15) is 0 Å². The zero-order valence-electron chi connectivity index (χ0n) is 9.25. The summed E-state index contributed by atoms with van der Waals surface area (Å²) in [7, 11) is 0. The molecule has 0 radical (unpaired) electrons. The topological polar surface area (TPSA) is 55.6 Å². The lowest BCUT2D eigenvalue weighted by Gasteiger charge is -2.14. The lowest BCUT2D eigenvalue weighted by molar-refractivity contribution is 0.138. The van der Waals surface area contributed by atoms with Gasteiger partial charge in [-0.2, -0.15) is 0 Å². The van der Waals surface area contributed by atoms with Crippen LogP contribution in [0.25, 0.3) is 0 Å². The van der Waals surface area contributed by atoms with Crippen LogP contribution in [0.15, 0.2) is 12.3 Å². The van der Waals surface area contributed by atoms with Crippen LogP contribution in [-0.2, 0) is 4.74 Å². The molecule has 1 saturated heterocycles. The third-order valence-corrected chi connectivity index (χ3v) is 1.74. The number of ether oxygens (including phenoxy) is 1. The Balaban J connectivity index is 0.000000791. The summed E-state index contributed by atoms with van der Waals surface area (Å²) >= 11 is 0. The van der Waals surface area contributed by atoms with E-state index >= 15 is 0 Å². The third-order valence-electron chi connectivity index (χ3n) is 1.74. The van der Waals surface area contributed by atoms with Crippen molar-refractivity contribution in [3.8, 4) is 0 Å². The maximum atomic E-state index is 11.2. The number of amides is 1. The van der Waals surface area contributed by atoms with Crippen molar-refractivity contribution in [1.29, 1.82) is 0 Å². The van der Waals surface area contributed by atoms with Gasteiger partial charge in [0.15, 0.2) is 0 Å². The zero-order valence-corrected chi connectivity index (χ0v) is 9.25. The number of nitrogens with zero attached hydrogens (tertiary/aromatic N) is 1. The Morgan fingerprint density at radius 1 is 1.57 bits per heavy atom. The average molecular weight is 200 g/mol. The van der Waals surface area contributed by atoms with Gasteiger partial charge < -0.3 is 15.4 Å². The monoisotopic (exact) mass is 200 g/mol. The molecule has 1 heterocycles. The van der Waals surface area contributed by atoms with Gasteiger partial charge >= 0.3 is 6.09 Å². The average Bonchev–Trinajstić information content (AvgIpc) is 2.54. The van der Waals surface area contributed by atoms with E-state index in [0.29, 0.717) is 18.8 Å². The first-order valence-electron chi connectivity index (χ1n) is 4.97. The van der Waals surface area contributed by atoms with Crippen molar-refractivity contribution in [2.45, 2.75) is 33.2 Å². The van der Waals surface area contributed by atoms with E-state index in [2.05, 4.69) is 6.58 Å². The van der Waals surface area contributed by atoms with E-state index in [1.165, 1.54) is 0 Å². The van der Waals surface area contributed by atoms with Gasteiger partial charge in [0.2, 0.25) is 0 Å². The molecule has 0 aromatic rings. The van der Waals surface area contributed by atoms with Crippen LogP contribution in [0.2, 0.25) is 0 Å². The summed E-state index contributed by atoms with van der Waals surface area (Å²) in [4.78, 5) is 12.8. The van der Waals surface area contributed by atoms with Crippen molar-refractivity contribution >= 4 is 6.09 Å². The number of hydrogen-bond donors (Lipinski definition) is 1. The molecule has 0 aromatic heterocycles. The van der Waals surface area contributed by atoms with Crippen LogP contribution < -0.4 is 5.73 Å². The summed E-state index contributed by atoms with van der Waals surface area (Å²) in [6.45, 7) is 10.4. The van der Waals surface area contributed by atoms with E-state index in [0.717, 1.165) is 6.42 Å². The van der Waals surface area contributed by atoms with Crippen LogP contribution in [0.4, 0.5) is 4.79 Å². The molecule has 1 unspecified atom stereocenters. The molecule has 1 rings (SSSR count). The van der Waals surface area contributed by atoms with Crippen LogP contribution in [0.1, 0.15) is 27.2 Å². The molecule has 0 bridgehead atoms. The van der Waals surface area contributed by atoms with Crippen LogP contribution in [0.5, 0.6) is 0 Å². The first-order chi connectivity index (χ1) is 6.59. The predicted octanol–water partition coefficient (Wildman–Crippen LogP) is 1.72. The normalized spacial score (nSPS) is 19.7. The number of allylic oxidation sites excluding steroid dienone is 1. The molecule has 1 amide bonds. The molecule has 4 heteroatoms. The standard InChI is InChI=1S/C8H14N2O2.C2H6/c1-6(2)12-8(11)10-4-3-7(9)5-10;1-2/h7H,1,3-5,9H2,2H3;1-2H3. The van der Waals surface area contributed by atoms with Gasteiger partial charge in [-0.1, -0.05) is 20.4 Å². The fraction of sp³-hybridized carbons (Fsp3) is 0.700. The van der Waals surface area contributed by atoms with Crippen LogP contribution >= 0.6 is 0 Å². The highest BCUT2D eigenvalue weighted by Gasteiger charge is 2.24. The van der Waals surface area contributed by atoms with E-state index in [4.69, 9.17) is 10.5 Å². The number of rotatable bonds is 1. The number of carbonyl (C=O) groups is 1. The summed E-state index contributed by atoms with van der Waals surface area (Å²) in [6, 6.07) is 0.0997. The van der Waals surface area contributed by atoms with Gasteiger partial charge in [0.25, 0.3) is 0 Å². The molecule has 2 N–H and O–H groups in total. The van der Waals surface area contributed by atoms with E-state index in [-0.39, 0.29) is 12.1 Å². The maximum Gasteiger partial charge on any atom is 0.414 e. The Bertz CT molecular complexity index is 204. The first-order valence-corrected chi connectivity index (χ1v) is 4.97. The van der Waals surface area contributed by atoms with Gasteiger partial charge in [0.05, 0.1) is 5.76 Å². The van der Waals surface area contributed by atoms with E-state index in [1.54, 1.807) is 11.8 Å². The molecular weight excluding hydrogens is 180 g/mol. The zero-order chi connectivity index (χ0) is 11.1. The van der Waals surface area contributed by atoms with Crippen molar-refractivity contribution in [3.63, 3.8) is 0 Å². The van der Waals surface area contributed by atoms with Gasteiger partial charge in [-0.3, -0.25) is 0 Å². The second kappa shape index (κ2) is 6.43. The summed E-state index contributed by atoms with van der Waals surface area (Å²) in [5.41, 5.74) is 5.62. The Labute approximate surface area is 85.7 Å². The molecule has 1 aliphatic rings. The van der Waals surface area contributed by atoms with Crippen molar-refractivity contribution in [2.24, 2.45) is 5.73 Å². The molecule has 0 aliphatic carbocycles. The molecular formula is C10H20N2O2. The number of hydrogen-bond acceptors (Lipinski definition) is 3. The Hall–Kier alpha value is -1.03. The quantitative estimate of drug-likeness (QED) is 0.656. The molecule has 82 valence electrons. The first kappa shape index (κ1) is 13.0. The highest BCUT2D eigenvalue weighted by molar-refractivity contribution is 5.69. The molecule has 0 spiro atoms. The van der Waals surface area contributed by atoms with Gasteiger partial charge in [-0.15, -0.1) is 0 Å². The molecule has 1 atom stereocenters. The maximum absolute atomic E-state index is 11.2. The van der Waals surface area contributed by atoms with E-state index in [9.17, 15) is 4.79 Å². The number of carbonyl (C=O) groups excluding carboxylic acids is 1. The Morgan fingerprint density at radius 2 is 2.14 bits per heavy atom. The Morgan fingerprint density at radius 3 is 2.50 bits per heavy atom.